The Morgan fingerprint density at radius 3 is 1.79 bits per heavy atom. The predicted octanol–water partition coefficient (Wildman–Crippen LogP) is 0.755. The molecule has 1 saturated heterocycles. The van der Waals surface area contributed by atoms with Gasteiger partial charge in [-0.25, -0.2) is 9.59 Å². The summed E-state index contributed by atoms with van der Waals surface area (Å²) in [7, 11) is 0. The summed E-state index contributed by atoms with van der Waals surface area (Å²) in [4.78, 5) is 23.9. The number of fused-ring (bicyclic) bond motifs is 2. The van der Waals surface area contributed by atoms with Crippen LogP contribution in [-0.4, -0.2) is 44.2 Å². The fraction of sp³-hybridized carbons (Fsp3) is 0.385. The zero-order valence-corrected chi connectivity index (χ0v) is 10.0. The number of rotatable bonds is 0. The lowest BCUT2D eigenvalue weighted by molar-refractivity contribution is 0.000307. The van der Waals surface area contributed by atoms with E-state index in [0.29, 0.717) is 0 Å². The number of benzene rings is 1. The minimum atomic E-state index is -0.566. The van der Waals surface area contributed by atoms with Gasteiger partial charge in [0, 0.05) is 0 Å². The van der Waals surface area contributed by atoms with Crippen molar-refractivity contribution in [3.8, 4) is 0 Å². The van der Waals surface area contributed by atoms with Gasteiger partial charge in [0.05, 0.1) is 11.1 Å². The molecule has 0 spiro atoms. The van der Waals surface area contributed by atoms with Crippen LogP contribution in [0.5, 0.6) is 0 Å². The van der Waals surface area contributed by atoms with E-state index in [2.05, 4.69) is 0 Å². The molecule has 2 aliphatic rings. The van der Waals surface area contributed by atoms with Gasteiger partial charge in [0.1, 0.15) is 32.2 Å². The Kier molecular flexibility index (Phi) is 3.18. The zero-order chi connectivity index (χ0) is 13.2. The van der Waals surface area contributed by atoms with Crippen molar-refractivity contribution < 1.29 is 28.5 Å². The van der Waals surface area contributed by atoms with Crippen molar-refractivity contribution in [2.24, 2.45) is 0 Å². The van der Waals surface area contributed by atoms with Crippen LogP contribution in [0.2, 0.25) is 0 Å². The lowest BCUT2D eigenvalue weighted by atomic mass is 10.1. The van der Waals surface area contributed by atoms with Crippen molar-refractivity contribution in [1.29, 1.82) is 0 Å². The summed E-state index contributed by atoms with van der Waals surface area (Å²) < 4.78 is 20.9. The average Bonchev–Trinajstić information content (AvgIpc) is 2.89. The maximum absolute atomic E-state index is 11.9. The van der Waals surface area contributed by atoms with Gasteiger partial charge in [0.2, 0.25) is 0 Å². The molecular formula is C13H12O6. The monoisotopic (exact) mass is 264 g/mol. The number of hydrogen-bond donors (Lipinski definition) is 0. The Hall–Kier alpha value is -1.92. The topological polar surface area (TPSA) is 71.1 Å². The van der Waals surface area contributed by atoms with Crippen LogP contribution in [0.4, 0.5) is 0 Å². The largest absolute Gasteiger partial charge is 0.459 e. The van der Waals surface area contributed by atoms with E-state index in [0.717, 1.165) is 0 Å². The maximum Gasteiger partial charge on any atom is 0.339 e. The molecule has 0 aliphatic carbocycles. The van der Waals surface area contributed by atoms with E-state index in [1.54, 1.807) is 12.1 Å². The average molecular weight is 264 g/mol. The third-order valence-electron chi connectivity index (χ3n) is 3.10. The quantitative estimate of drug-likeness (QED) is 0.644. The van der Waals surface area contributed by atoms with Gasteiger partial charge in [0.15, 0.2) is 0 Å². The molecule has 1 aromatic carbocycles. The van der Waals surface area contributed by atoms with Crippen LogP contribution in [0.15, 0.2) is 24.3 Å². The summed E-state index contributed by atoms with van der Waals surface area (Å²) in [5, 5.41) is 0. The van der Waals surface area contributed by atoms with Crippen molar-refractivity contribution in [2.45, 2.75) is 12.2 Å². The molecule has 2 heterocycles. The summed E-state index contributed by atoms with van der Waals surface area (Å²) in [6.45, 7) is 0.266. The molecule has 100 valence electrons. The second kappa shape index (κ2) is 4.99. The summed E-state index contributed by atoms with van der Waals surface area (Å²) in [6, 6.07) is 6.39. The van der Waals surface area contributed by atoms with E-state index in [4.69, 9.17) is 18.9 Å². The summed E-state index contributed by atoms with van der Waals surface area (Å²) in [6.07, 6.45) is -0.802. The molecule has 0 bridgehead atoms. The molecule has 0 N–H and O–H groups in total. The Balaban J connectivity index is 1.91. The van der Waals surface area contributed by atoms with Gasteiger partial charge in [-0.3, -0.25) is 0 Å². The van der Waals surface area contributed by atoms with Gasteiger partial charge in [-0.05, 0) is 12.1 Å². The smallest absolute Gasteiger partial charge is 0.339 e. The van der Waals surface area contributed by atoms with E-state index in [9.17, 15) is 9.59 Å². The SMILES string of the molecule is O=C1OC[C@H]2OCO[C@@H]2COC(=O)c2ccccc21. The van der Waals surface area contributed by atoms with Crippen LogP contribution in [0.25, 0.3) is 0 Å². The van der Waals surface area contributed by atoms with Gasteiger partial charge >= 0.3 is 11.9 Å². The molecule has 0 unspecified atom stereocenters. The minimum absolute atomic E-state index is 0.0788. The first-order chi connectivity index (χ1) is 9.25. The van der Waals surface area contributed by atoms with Crippen LogP contribution in [0.3, 0.4) is 0 Å². The van der Waals surface area contributed by atoms with E-state index < -0.39 is 24.1 Å². The summed E-state index contributed by atoms with van der Waals surface area (Å²) in [5.41, 5.74) is 0.398. The molecule has 19 heavy (non-hydrogen) atoms. The van der Waals surface area contributed by atoms with E-state index >= 15 is 0 Å². The second-order valence-corrected chi connectivity index (χ2v) is 4.27. The number of carbonyl (C=O) groups excluding carboxylic acids is 2. The highest BCUT2D eigenvalue weighted by molar-refractivity contribution is 6.03. The molecule has 2 aliphatic heterocycles. The molecule has 0 aromatic heterocycles. The first-order valence-electron chi connectivity index (χ1n) is 5.92. The molecule has 6 heteroatoms. The van der Waals surface area contributed by atoms with Crippen LogP contribution in [0.1, 0.15) is 20.7 Å². The molecule has 0 radical (unpaired) electrons. The Bertz CT molecular complexity index is 467. The van der Waals surface area contributed by atoms with Gasteiger partial charge in [-0.15, -0.1) is 0 Å². The standard InChI is InChI=1S/C13H12O6/c14-12-8-3-1-2-4-9(8)13(15)17-6-11-10(5-16-12)18-7-19-11/h1-4,10-11H,5-7H2/t10-,11-/m1/s1. The van der Waals surface area contributed by atoms with Crippen molar-refractivity contribution in [3.05, 3.63) is 35.4 Å². The number of hydrogen-bond acceptors (Lipinski definition) is 6. The number of carbonyl (C=O) groups is 2. The van der Waals surface area contributed by atoms with E-state index in [-0.39, 0.29) is 31.1 Å². The van der Waals surface area contributed by atoms with Crippen LogP contribution >= 0.6 is 0 Å². The maximum atomic E-state index is 11.9. The summed E-state index contributed by atoms with van der Waals surface area (Å²) in [5.74, 6) is -1.13. The van der Waals surface area contributed by atoms with Gasteiger partial charge < -0.3 is 18.9 Å². The molecule has 2 atom stereocenters. The first-order valence-corrected chi connectivity index (χ1v) is 5.92. The van der Waals surface area contributed by atoms with Crippen molar-refractivity contribution >= 4 is 11.9 Å². The Morgan fingerprint density at radius 2 is 1.32 bits per heavy atom. The molecule has 1 aromatic rings. The van der Waals surface area contributed by atoms with E-state index in [1.165, 1.54) is 12.1 Å². The number of esters is 2. The van der Waals surface area contributed by atoms with Crippen molar-refractivity contribution in [2.75, 3.05) is 20.0 Å². The Labute approximate surface area is 109 Å². The molecule has 0 saturated carbocycles. The molecule has 6 nitrogen and oxygen atoms in total. The van der Waals surface area contributed by atoms with Crippen molar-refractivity contribution in [3.63, 3.8) is 0 Å². The zero-order valence-electron chi connectivity index (χ0n) is 10.0. The highest BCUT2D eigenvalue weighted by Gasteiger charge is 2.33. The minimum Gasteiger partial charge on any atom is -0.459 e. The summed E-state index contributed by atoms with van der Waals surface area (Å²) >= 11 is 0. The molecule has 0 amide bonds. The highest BCUT2D eigenvalue weighted by Crippen LogP contribution is 2.19. The van der Waals surface area contributed by atoms with Gasteiger partial charge in [-0.2, -0.15) is 0 Å². The predicted molar refractivity (Wildman–Crippen MR) is 61.6 cm³/mol. The Morgan fingerprint density at radius 1 is 0.842 bits per heavy atom. The number of cyclic esters (lactones) is 2. The number of ether oxygens (including phenoxy) is 4. The third-order valence-corrected chi connectivity index (χ3v) is 3.10. The van der Waals surface area contributed by atoms with Crippen LogP contribution in [0, 0.1) is 0 Å². The van der Waals surface area contributed by atoms with Crippen LogP contribution < -0.4 is 0 Å². The lowest BCUT2D eigenvalue weighted by Crippen LogP contribution is -2.35. The lowest BCUT2D eigenvalue weighted by Gasteiger charge is -2.19. The highest BCUT2D eigenvalue weighted by atomic mass is 16.7. The van der Waals surface area contributed by atoms with Crippen LogP contribution in [-0.2, 0) is 18.9 Å². The fourth-order valence-corrected chi connectivity index (χ4v) is 2.05. The normalized spacial score (nSPS) is 26.9. The fourth-order valence-electron chi connectivity index (χ4n) is 2.05. The van der Waals surface area contributed by atoms with Crippen molar-refractivity contribution in [1.82, 2.24) is 0 Å². The molecule has 3 rings (SSSR count). The third kappa shape index (κ3) is 2.32. The van der Waals surface area contributed by atoms with Gasteiger partial charge in [-0.1, -0.05) is 12.1 Å². The second-order valence-electron chi connectivity index (χ2n) is 4.27. The molecule has 1 fully saturated rings. The van der Waals surface area contributed by atoms with Gasteiger partial charge in [0.25, 0.3) is 0 Å². The molecular weight excluding hydrogens is 252 g/mol. The van der Waals surface area contributed by atoms with E-state index in [1.807, 2.05) is 0 Å². The first kappa shape index (κ1) is 12.1.